The summed E-state index contributed by atoms with van der Waals surface area (Å²) >= 11 is 5.73. The lowest BCUT2D eigenvalue weighted by molar-refractivity contribution is 0.0877. The number of halogens is 1. The molecule has 1 aliphatic heterocycles. The number of aromatic nitrogens is 2. The van der Waals surface area contributed by atoms with Crippen molar-refractivity contribution in [1.82, 2.24) is 14.9 Å². The summed E-state index contributed by atoms with van der Waals surface area (Å²) in [6, 6.07) is 1.03. The molecule has 1 fully saturated rings. The molecule has 94 valence electrons. The molecule has 0 aliphatic carbocycles. The predicted octanol–water partition coefficient (Wildman–Crippen LogP) is 1.83. The Hall–Kier alpha value is -0.710. The fourth-order valence-electron chi connectivity index (χ4n) is 2.49. The van der Waals surface area contributed by atoms with Crippen LogP contribution in [-0.2, 0) is 6.54 Å². The number of likely N-dealkylation sites (tertiary alicyclic amines) is 1. The summed E-state index contributed by atoms with van der Waals surface area (Å²) in [5.74, 6) is 0. The minimum absolute atomic E-state index is 0.441. The normalized spacial score (nSPS) is 26.1. The van der Waals surface area contributed by atoms with Crippen molar-refractivity contribution >= 4 is 11.6 Å². The molecule has 2 unspecified atom stereocenters. The molecule has 0 radical (unpaired) electrons. The van der Waals surface area contributed by atoms with Gasteiger partial charge in [0.2, 0.25) is 0 Å². The maximum absolute atomic E-state index is 5.83. The van der Waals surface area contributed by atoms with Crippen LogP contribution in [0.15, 0.2) is 12.4 Å². The van der Waals surface area contributed by atoms with Gasteiger partial charge in [0, 0.05) is 25.2 Å². The second-order valence-electron chi connectivity index (χ2n) is 4.67. The molecule has 0 spiro atoms. The minimum Gasteiger partial charge on any atom is -0.329 e. The van der Waals surface area contributed by atoms with Crippen molar-refractivity contribution in [2.24, 2.45) is 5.73 Å². The molecule has 2 atom stereocenters. The Labute approximate surface area is 107 Å². The zero-order valence-corrected chi connectivity index (χ0v) is 10.9. The van der Waals surface area contributed by atoms with Gasteiger partial charge in [0.15, 0.2) is 0 Å². The van der Waals surface area contributed by atoms with E-state index < -0.39 is 0 Å². The standard InChI is InChI=1S/C12H19ClN4/c1-9-3-2-4-11(5-14)17(9)8-10-6-16-12(13)7-15-10/h6-7,9,11H,2-5,8,14H2,1H3. The van der Waals surface area contributed by atoms with Gasteiger partial charge in [-0.15, -0.1) is 0 Å². The average Bonchev–Trinajstić information content (AvgIpc) is 2.34. The lowest BCUT2D eigenvalue weighted by atomic mass is 9.96. The third-order valence-corrected chi connectivity index (χ3v) is 3.68. The zero-order valence-electron chi connectivity index (χ0n) is 10.1. The van der Waals surface area contributed by atoms with E-state index in [0.29, 0.717) is 23.8 Å². The van der Waals surface area contributed by atoms with Crippen LogP contribution in [0.25, 0.3) is 0 Å². The van der Waals surface area contributed by atoms with Crippen LogP contribution in [0.5, 0.6) is 0 Å². The van der Waals surface area contributed by atoms with Gasteiger partial charge in [-0.25, -0.2) is 4.98 Å². The molecule has 0 aromatic carbocycles. The monoisotopic (exact) mass is 254 g/mol. The van der Waals surface area contributed by atoms with E-state index in [9.17, 15) is 0 Å². The number of hydrogen-bond donors (Lipinski definition) is 1. The molecule has 2 N–H and O–H groups in total. The second-order valence-corrected chi connectivity index (χ2v) is 5.06. The highest BCUT2D eigenvalue weighted by Crippen LogP contribution is 2.23. The highest BCUT2D eigenvalue weighted by Gasteiger charge is 2.27. The second kappa shape index (κ2) is 5.76. The van der Waals surface area contributed by atoms with E-state index in [1.807, 2.05) is 0 Å². The van der Waals surface area contributed by atoms with E-state index in [1.165, 1.54) is 19.3 Å². The van der Waals surface area contributed by atoms with Crippen molar-refractivity contribution in [3.8, 4) is 0 Å². The summed E-state index contributed by atoms with van der Waals surface area (Å²) in [5.41, 5.74) is 6.79. The Kier molecular flexibility index (Phi) is 4.31. The van der Waals surface area contributed by atoms with Gasteiger partial charge in [-0.1, -0.05) is 18.0 Å². The molecule has 0 bridgehead atoms. The molecule has 2 rings (SSSR count). The van der Waals surface area contributed by atoms with Gasteiger partial charge in [-0.2, -0.15) is 0 Å². The van der Waals surface area contributed by atoms with Crippen molar-refractivity contribution < 1.29 is 0 Å². The summed E-state index contributed by atoms with van der Waals surface area (Å²) in [4.78, 5) is 10.8. The van der Waals surface area contributed by atoms with Crippen LogP contribution in [0.1, 0.15) is 31.9 Å². The fourth-order valence-corrected chi connectivity index (χ4v) is 2.58. The van der Waals surface area contributed by atoms with Crippen molar-refractivity contribution in [2.45, 2.75) is 44.8 Å². The molecule has 4 nitrogen and oxygen atoms in total. The SMILES string of the molecule is CC1CCCC(CN)N1Cc1cnc(Cl)cn1. The Bertz CT molecular complexity index is 354. The van der Waals surface area contributed by atoms with Gasteiger partial charge in [0.05, 0.1) is 18.1 Å². The number of nitrogens with zero attached hydrogens (tertiary/aromatic N) is 3. The molecule has 2 heterocycles. The minimum atomic E-state index is 0.441. The molecule has 1 aromatic rings. The molecule has 1 aromatic heterocycles. The molecule has 5 heteroatoms. The number of piperidine rings is 1. The van der Waals surface area contributed by atoms with E-state index in [2.05, 4.69) is 21.8 Å². The van der Waals surface area contributed by atoms with Gasteiger partial charge in [-0.05, 0) is 19.8 Å². The van der Waals surface area contributed by atoms with Crippen LogP contribution < -0.4 is 5.73 Å². The van der Waals surface area contributed by atoms with Gasteiger partial charge in [-0.3, -0.25) is 9.88 Å². The maximum atomic E-state index is 5.83. The molecule has 0 amide bonds. The van der Waals surface area contributed by atoms with E-state index in [1.54, 1.807) is 12.4 Å². The average molecular weight is 255 g/mol. The van der Waals surface area contributed by atoms with E-state index in [-0.39, 0.29) is 0 Å². The Balaban J connectivity index is 2.06. The number of hydrogen-bond acceptors (Lipinski definition) is 4. The van der Waals surface area contributed by atoms with E-state index in [0.717, 1.165) is 12.2 Å². The van der Waals surface area contributed by atoms with Crippen LogP contribution in [0, 0.1) is 0 Å². The van der Waals surface area contributed by atoms with Crippen molar-refractivity contribution in [3.05, 3.63) is 23.2 Å². The summed E-state index contributed by atoms with van der Waals surface area (Å²) in [6.45, 7) is 3.78. The third kappa shape index (κ3) is 3.15. The van der Waals surface area contributed by atoms with Crippen molar-refractivity contribution in [3.63, 3.8) is 0 Å². The van der Waals surface area contributed by atoms with Crippen LogP contribution in [0.3, 0.4) is 0 Å². The predicted molar refractivity (Wildman–Crippen MR) is 68.7 cm³/mol. The van der Waals surface area contributed by atoms with E-state index >= 15 is 0 Å². The van der Waals surface area contributed by atoms with Crippen LogP contribution in [-0.4, -0.2) is 33.5 Å². The smallest absolute Gasteiger partial charge is 0.147 e. The molecule has 17 heavy (non-hydrogen) atoms. The summed E-state index contributed by atoms with van der Waals surface area (Å²) in [7, 11) is 0. The first-order valence-electron chi connectivity index (χ1n) is 6.13. The molecular weight excluding hydrogens is 236 g/mol. The van der Waals surface area contributed by atoms with Crippen LogP contribution >= 0.6 is 11.6 Å². The molecule has 1 saturated heterocycles. The van der Waals surface area contributed by atoms with Crippen molar-refractivity contribution in [2.75, 3.05) is 6.54 Å². The molecular formula is C12H19ClN4. The molecule has 0 saturated carbocycles. The maximum Gasteiger partial charge on any atom is 0.147 e. The van der Waals surface area contributed by atoms with Gasteiger partial charge < -0.3 is 5.73 Å². The Morgan fingerprint density at radius 2 is 2.24 bits per heavy atom. The lowest BCUT2D eigenvalue weighted by Crippen LogP contribution is -2.48. The Morgan fingerprint density at radius 3 is 2.88 bits per heavy atom. The highest BCUT2D eigenvalue weighted by molar-refractivity contribution is 6.29. The first-order valence-corrected chi connectivity index (χ1v) is 6.50. The Morgan fingerprint density at radius 1 is 1.41 bits per heavy atom. The first-order chi connectivity index (χ1) is 8.20. The quantitative estimate of drug-likeness (QED) is 0.894. The third-order valence-electron chi connectivity index (χ3n) is 3.48. The summed E-state index contributed by atoms with van der Waals surface area (Å²) in [6.07, 6.45) is 7.03. The summed E-state index contributed by atoms with van der Waals surface area (Å²) in [5, 5.41) is 0.441. The first kappa shape index (κ1) is 12.7. The largest absolute Gasteiger partial charge is 0.329 e. The van der Waals surface area contributed by atoms with Gasteiger partial charge >= 0.3 is 0 Å². The zero-order chi connectivity index (χ0) is 12.3. The summed E-state index contributed by atoms with van der Waals surface area (Å²) < 4.78 is 0. The van der Waals surface area contributed by atoms with Crippen LogP contribution in [0.2, 0.25) is 5.15 Å². The molecule has 1 aliphatic rings. The van der Waals surface area contributed by atoms with Gasteiger partial charge in [0.25, 0.3) is 0 Å². The van der Waals surface area contributed by atoms with E-state index in [4.69, 9.17) is 17.3 Å². The lowest BCUT2D eigenvalue weighted by Gasteiger charge is -2.39. The van der Waals surface area contributed by atoms with Crippen LogP contribution in [0.4, 0.5) is 0 Å². The number of rotatable bonds is 3. The highest BCUT2D eigenvalue weighted by atomic mass is 35.5. The van der Waals surface area contributed by atoms with Gasteiger partial charge in [0.1, 0.15) is 5.15 Å². The topological polar surface area (TPSA) is 55.0 Å². The fraction of sp³-hybridized carbons (Fsp3) is 0.667. The van der Waals surface area contributed by atoms with Crippen molar-refractivity contribution in [1.29, 1.82) is 0 Å². The number of nitrogens with two attached hydrogens (primary N) is 1.